The number of aromatic nitrogens is 2. The number of benzene rings is 1. The van der Waals surface area contributed by atoms with E-state index >= 15 is 0 Å². The quantitative estimate of drug-likeness (QED) is 0.803. The fourth-order valence-electron chi connectivity index (χ4n) is 2.45. The van der Waals surface area contributed by atoms with Gasteiger partial charge in [-0.2, -0.15) is 4.37 Å². The normalized spacial score (nSPS) is 16.0. The van der Waals surface area contributed by atoms with Crippen molar-refractivity contribution in [3.63, 3.8) is 0 Å². The minimum Gasteiger partial charge on any atom is -0.342 e. The number of piperidine rings is 1. The van der Waals surface area contributed by atoms with E-state index in [1.54, 1.807) is 0 Å². The Morgan fingerprint density at radius 3 is 2.77 bits per heavy atom. The number of hydrogen-bond donors (Lipinski definition) is 0. The predicted molar refractivity (Wildman–Crippen MR) is 91.0 cm³/mol. The van der Waals surface area contributed by atoms with Crippen LogP contribution in [-0.2, 0) is 4.79 Å². The molecule has 0 atom stereocenters. The Bertz CT molecular complexity index is 621. The van der Waals surface area contributed by atoms with Gasteiger partial charge < -0.3 is 4.90 Å². The van der Waals surface area contributed by atoms with E-state index in [1.807, 2.05) is 35.2 Å². The van der Waals surface area contributed by atoms with Gasteiger partial charge in [0.25, 0.3) is 0 Å². The molecule has 3 rings (SSSR count). The van der Waals surface area contributed by atoms with Gasteiger partial charge in [-0.1, -0.05) is 49.0 Å². The second kappa shape index (κ2) is 7.24. The molecule has 116 valence electrons. The molecule has 22 heavy (non-hydrogen) atoms. The molecule has 6 heteroatoms. The molecule has 0 bridgehead atoms. The van der Waals surface area contributed by atoms with Crippen molar-refractivity contribution in [3.05, 3.63) is 30.3 Å². The van der Waals surface area contributed by atoms with Gasteiger partial charge in [-0.25, -0.2) is 4.98 Å². The largest absolute Gasteiger partial charge is 0.342 e. The predicted octanol–water partition coefficient (Wildman–Crippen LogP) is 3.56. The monoisotopic (exact) mass is 333 g/mol. The van der Waals surface area contributed by atoms with Gasteiger partial charge >= 0.3 is 0 Å². The topological polar surface area (TPSA) is 46.1 Å². The molecule has 0 aliphatic carbocycles. The van der Waals surface area contributed by atoms with Crippen LogP contribution < -0.4 is 0 Å². The molecular weight excluding hydrogens is 314 g/mol. The zero-order valence-corrected chi connectivity index (χ0v) is 14.2. The molecule has 1 aromatic heterocycles. The summed E-state index contributed by atoms with van der Waals surface area (Å²) in [7, 11) is 0. The Balaban J connectivity index is 1.54. The SMILES string of the molecule is CC1CCN(C(=O)CSc2nc(-c3ccccc3)ns2)CC1. The first-order chi connectivity index (χ1) is 10.7. The third-order valence-corrected chi connectivity index (χ3v) is 5.71. The van der Waals surface area contributed by atoms with E-state index in [9.17, 15) is 4.79 Å². The molecule has 0 spiro atoms. The van der Waals surface area contributed by atoms with Gasteiger partial charge in [-0.3, -0.25) is 4.79 Å². The van der Waals surface area contributed by atoms with Crippen LogP contribution in [0.25, 0.3) is 11.4 Å². The number of carbonyl (C=O) groups is 1. The summed E-state index contributed by atoms with van der Waals surface area (Å²) in [5, 5.41) is 0. The van der Waals surface area contributed by atoms with Crippen LogP contribution in [0.15, 0.2) is 34.7 Å². The Morgan fingerprint density at radius 1 is 1.32 bits per heavy atom. The van der Waals surface area contributed by atoms with Gasteiger partial charge in [0.1, 0.15) is 0 Å². The maximum Gasteiger partial charge on any atom is 0.233 e. The lowest BCUT2D eigenvalue weighted by molar-refractivity contribution is -0.129. The molecule has 2 aromatic rings. The second-order valence-corrected chi connectivity index (χ2v) is 7.58. The summed E-state index contributed by atoms with van der Waals surface area (Å²) in [6.07, 6.45) is 2.24. The first-order valence-electron chi connectivity index (χ1n) is 7.52. The lowest BCUT2D eigenvalue weighted by Gasteiger charge is -2.30. The summed E-state index contributed by atoms with van der Waals surface area (Å²) in [5.74, 6) is 2.16. The molecule has 1 aromatic carbocycles. The lowest BCUT2D eigenvalue weighted by atomic mass is 9.99. The number of amides is 1. The van der Waals surface area contributed by atoms with Crippen molar-refractivity contribution in [2.45, 2.75) is 24.1 Å². The van der Waals surface area contributed by atoms with Crippen LogP contribution in [0.2, 0.25) is 0 Å². The van der Waals surface area contributed by atoms with E-state index in [2.05, 4.69) is 16.3 Å². The highest BCUT2D eigenvalue weighted by atomic mass is 32.2. The zero-order valence-electron chi connectivity index (χ0n) is 12.6. The molecule has 1 fully saturated rings. The summed E-state index contributed by atoms with van der Waals surface area (Å²) >= 11 is 2.86. The van der Waals surface area contributed by atoms with Crippen LogP contribution in [-0.4, -0.2) is 39.0 Å². The molecule has 0 N–H and O–H groups in total. The van der Waals surface area contributed by atoms with Crippen molar-refractivity contribution < 1.29 is 4.79 Å². The Morgan fingerprint density at radius 2 is 2.05 bits per heavy atom. The summed E-state index contributed by atoms with van der Waals surface area (Å²) in [6.45, 7) is 4.04. The smallest absolute Gasteiger partial charge is 0.233 e. The molecule has 4 nitrogen and oxygen atoms in total. The van der Waals surface area contributed by atoms with Gasteiger partial charge in [0, 0.05) is 18.7 Å². The van der Waals surface area contributed by atoms with Crippen molar-refractivity contribution in [2.75, 3.05) is 18.8 Å². The van der Waals surface area contributed by atoms with E-state index in [0.717, 1.165) is 47.6 Å². The fourth-order valence-corrected chi connectivity index (χ4v) is 3.96. The van der Waals surface area contributed by atoms with Crippen LogP contribution in [0, 0.1) is 5.92 Å². The van der Waals surface area contributed by atoms with Crippen LogP contribution >= 0.6 is 23.3 Å². The maximum absolute atomic E-state index is 12.2. The number of thioether (sulfide) groups is 1. The fraction of sp³-hybridized carbons (Fsp3) is 0.438. The number of carbonyl (C=O) groups excluding carboxylic acids is 1. The van der Waals surface area contributed by atoms with Crippen LogP contribution in [0.1, 0.15) is 19.8 Å². The lowest BCUT2D eigenvalue weighted by Crippen LogP contribution is -2.38. The number of nitrogens with zero attached hydrogens (tertiary/aromatic N) is 3. The first kappa shape index (κ1) is 15.5. The van der Waals surface area contributed by atoms with Gasteiger partial charge in [0.15, 0.2) is 10.2 Å². The number of rotatable bonds is 4. The maximum atomic E-state index is 12.2. The van der Waals surface area contributed by atoms with E-state index in [4.69, 9.17) is 0 Å². The minimum atomic E-state index is 0.216. The van der Waals surface area contributed by atoms with Crippen LogP contribution in [0.3, 0.4) is 0 Å². The van der Waals surface area contributed by atoms with Crippen LogP contribution in [0.5, 0.6) is 0 Å². The highest BCUT2D eigenvalue weighted by Crippen LogP contribution is 2.26. The van der Waals surface area contributed by atoms with E-state index in [1.165, 1.54) is 23.3 Å². The molecule has 1 aliphatic rings. The summed E-state index contributed by atoms with van der Waals surface area (Å²) in [4.78, 5) is 18.7. The third-order valence-electron chi connectivity index (χ3n) is 3.89. The minimum absolute atomic E-state index is 0.216. The highest BCUT2D eigenvalue weighted by Gasteiger charge is 2.20. The Hall–Kier alpha value is -1.40. The molecule has 2 heterocycles. The Kier molecular flexibility index (Phi) is 5.10. The number of likely N-dealkylation sites (tertiary alicyclic amines) is 1. The molecule has 1 saturated heterocycles. The molecule has 1 aliphatic heterocycles. The first-order valence-corrected chi connectivity index (χ1v) is 9.28. The molecule has 1 amide bonds. The Labute approximate surface area is 139 Å². The van der Waals surface area contributed by atoms with Crippen molar-refractivity contribution in [1.82, 2.24) is 14.3 Å². The van der Waals surface area contributed by atoms with Gasteiger partial charge in [-0.05, 0) is 30.3 Å². The average molecular weight is 333 g/mol. The molecule has 0 saturated carbocycles. The number of hydrogen-bond acceptors (Lipinski definition) is 5. The van der Waals surface area contributed by atoms with Crippen molar-refractivity contribution in [3.8, 4) is 11.4 Å². The summed E-state index contributed by atoms with van der Waals surface area (Å²) in [5.41, 5.74) is 1.02. The van der Waals surface area contributed by atoms with Crippen molar-refractivity contribution in [1.29, 1.82) is 0 Å². The second-order valence-electron chi connectivity index (χ2n) is 5.60. The van der Waals surface area contributed by atoms with E-state index in [0.29, 0.717) is 5.75 Å². The van der Waals surface area contributed by atoms with E-state index < -0.39 is 0 Å². The van der Waals surface area contributed by atoms with Gasteiger partial charge in [-0.15, -0.1) is 0 Å². The van der Waals surface area contributed by atoms with Crippen LogP contribution in [0.4, 0.5) is 0 Å². The standard InChI is InChI=1S/C16H19N3OS2/c1-12-7-9-19(10-8-12)14(20)11-21-16-17-15(18-22-16)13-5-3-2-4-6-13/h2-6,12H,7-11H2,1H3. The molecule has 0 radical (unpaired) electrons. The van der Waals surface area contributed by atoms with Gasteiger partial charge in [0.05, 0.1) is 5.75 Å². The van der Waals surface area contributed by atoms with Crippen molar-refractivity contribution >= 4 is 29.2 Å². The zero-order chi connectivity index (χ0) is 15.4. The summed E-state index contributed by atoms with van der Waals surface area (Å²) < 4.78 is 5.23. The third kappa shape index (κ3) is 3.87. The molecule has 0 unspecified atom stereocenters. The van der Waals surface area contributed by atoms with E-state index in [-0.39, 0.29) is 5.91 Å². The highest BCUT2D eigenvalue weighted by molar-refractivity contribution is 8.01. The van der Waals surface area contributed by atoms with Gasteiger partial charge in [0.2, 0.25) is 5.91 Å². The average Bonchev–Trinajstić information content (AvgIpc) is 3.03. The van der Waals surface area contributed by atoms with Crippen molar-refractivity contribution in [2.24, 2.45) is 5.92 Å². The molecular formula is C16H19N3OS2. The summed E-state index contributed by atoms with van der Waals surface area (Å²) in [6, 6.07) is 9.92.